The summed E-state index contributed by atoms with van der Waals surface area (Å²) in [4.78, 5) is 42.2. The van der Waals surface area contributed by atoms with Gasteiger partial charge in [-0.1, -0.05) is 39.8 Å². The van der Waals surface area contributed by atoms with E-state index < -0.39 is 6.10 Å². The van der Waals surface area contributed by atoms with E-state index in [2.05, 4.69) is 5.32 Å². The number of ether oxygens (including phenoxy) is 3. The number of likely N-dealkylation sites (N-methyl/N-ethyl adjacent to an activating group) is 1. The third-order valence-electron chi connectivity index (χ3n) is 6.75. The molecule has 1 fully saturated rings. The maximum atomic E-state index is 13.3. The summed E-state index contributed by atoms with van der Waals surface area (Å²) in [5.74, 6) is 1.22. The van der Waals surface area contributed by atoms with E-state index in [9.17, 15) is 14.4 Å². The van der Waals surface area contributed by atoms with E-state index in [-0.39, 0.29) is 36.2 Å². The third-order valence-corrected chi connectivity index (χ3v) is 6.75. The van der Waals surface area contributed by atoms with Crippen molar-refractivity contribution in [3.8, 4) is 17.2 Å². The summed E-state index contributed by atoms with van der Waals surface area (Å²) < 4.78 is 18.4. The highest BCUT2D eigenvalue weighted by atomic mass is 16.5. The number of amides is 3. The average molecular weight is 538 g/mol. The summed E-state index contributed by atoms with van der Waals surface area (Å²) in [5, 5.41) is 3.05. The molecule has 0 aromatic heterocycles. The SMILES string of the molecule is CC(C)COc1cc2cc(c1)C(=O)N(C)CC(=O)N[C@H]1CCN(C(=O)C(C)C)C[C@@H]1OCc1cccc(c1)O2. The molecular weight excluding hydrogens is 498 g/mol. The van der Waals surface area contributed by atoms with Crippen LogP contribution in [0.2, 0.25) is 0 Å². The molecule has 9 heteroatoms. The molecule has 0 spiro atoms. The first-order valence-corrected chi connectivity index (χ1v) is 13.6. The quantitative estimate of drug-likeness (QED) is 0.636. The highest BCUT2D eigenvalue weighted by Gasteiger charge is 2.34. The van der Waals surface area contributed by atoms with Gasteiger partial charge in [0.15, 0.2) is 0 Å². The van der Waals surface area contributed by atoms with Gasteiger partial charge in [-0.15, -0.1) is 0 Å². The van der Waals surface area contributed by atoms with Gasteiger partial charge in [0, 0.05) is 37.7 Å². The van der Waals surface area contributed by atoms with Crippen LogP contribution in [0.1, 0.15) is 50.0 Å². The molecule has 0 saturated carbocycles. The maximum absolute atomic E-state index is 13.3. The second kappa shape index (κ2) is 12.5. The minimum atomic E-state index is -0.391. The summed E-state index contributed by atoms with van der Waals surface area (Å²) in [6.07, 6.45) is 0.172. The van der Waals surface area contributed by atoms with Crippen molar-refractivity contribution in [2.75, 3.05) is 33.3 Å². The lowest BCUT2D eigenvalue weighted by Gasteiger charge is -2.39. The predicted molar refractivity (Wildman–Crippen MR) is 147 cm³/mol. The number of rotatable bonds is 4. The minimum absolute atomic E-state index is 0.0640. The van der Waals surface area contributed by atoms with Crippen LogP contribution >= 0.6 is 0 Å². The predicted octanol–water partition coefficient (Wildman–Crippen LogP) is 3.86. The van der Waals surface area contributed by atoms with Gasteiger partial charge in [-0.25, -0.2) is 0 Å². The van der Waals surface area contributed by atoms with Crippen LogP contribution in [0.4, 0.5) is 0 Å². The summed E-state index contributed by atoms with van der Waals surface area (Å²) in [6, 6.07) is 12.3. The zero-order valence-corrected chi connectivity index (χ0v) is 23.4. The van der Waals surface area contributed by atoms with Crippen molar-refractivity contribution in [1.29, 1.82) is 0 Å². The second-order valence-corrected chi connectivity index (χ2v) is 11.1. The molecule has 0 radical (unpaired) electrons. The van der Waals surface area contributed by atoms with Crippen molar-refractivity contribution >= 4 is 17.7 Å². The van der Waals surface area contributed by atoms with Gasteiger partial charge in [0.25, 0.3) is 5.91 Å². The van der Waals surface area contributed by atoms with Gasteiger partial charge in [-0.3, -0.25) is 14.4 Å². The summed E-state index contributed by atoms with van der Waals surface area (Å²) in [6.45, 7) is 9.43. The number of carbonyl (C=O) groups excluding carboxylic acids is 3. The Kier molecular flexibility index (Phi) is 9.12. The maximum Gasteiger partial charge on any atom is 0.254 e. The van der Waals surface area contributed by atoms with Crippen molar-refractivity contribution in [2.24, 2.45) is 11.8 Å². The summed E-state index contributed by atoms with van der Waals surface area (Å²) in [5.41, 5.74) is 1.26. The molecule has 0 aliphatic carbocycles. The number of nitrogens with zero attached hydrogens (tertiary/aromatic N) is 2. The van der Waals surface area contributed by atoms with Crippen molar-refractivity contribution in [1.82, 2.24) is 15.1 Å². The Morgan fingerprint density at radius 2 is 1.90 bits per heavy atom. The normalized spacial score (nSPS) is 20.4. The highest BCUT2D eigenvalue weighted by molar-refractivity contribution is 5.97. The molecule has 3 amide bonds. The molecule has 2 aliphatic rings. The Labute approximate surface area is 230 Å². The van der Waals surface area contributed by atoms with Crippen molar-refractivity contribution < 1.29 is 28.6 Å². The molecule has 2 aromatic carbocycles. The number of hydrogen-bond donors (Lipinski definition) is 1. The van der Waals surface area contributed by atoms with E-state index in [1.54, 1.807) is 30.1 Å². The molecule has 39 heavy (non-hydrogen) atoms. The van der Waals surface area contributed by atoms with Crippen LogP contribution in [-0.2, 0) is 20.9 Å². The fourth-order valence-electron chi connectivity index (χ4n) is 4.71. The van der Waals surface area contributed by atoms with Gasteiger partial charge in [-0.05, 0) is 42.2 Å². The molecule has 0 unspecified atom stereocenters. The van der Waals surface area contributed by atoms with Gasteiger partial charge in [0.05, 0.1) is 31.9 Å². The van der Waals surface area contributed by atoms with E-state index in [0.29, 0.717) is 61.5 Å². The van der Waals surface area contributed by atoms with Gasteiger partial charge in [0.1, 0.15) is 17.2 Å². The fourth-order valence-corrected chi connectivity index (χ4v) is 4.71. The molecule has 2 heterocycles. The smallest absolute Gasteiger partial charge is 0.254 e. The number of fused-ring (bicyclic) bond motifs is 5. The molecule has 1 N–H and O–H groups in total. The molecule has 4 rings (SSSR count). The zero-order valence-electron chi connectivity index (χ0n) is 23.4. The van der Waals surface area contributed by atoms with Crippen LogP contribution in [0, 0.1) is 11.8 Å². The number of hydrogen-bond acceptors (Lipinski definition) is 6. The number of likely N-dealkylation sites (tertiary alicyclic amines) is 1. The van der Waals surface area contributed by atoms with E-state index in [1.807, 2.05) is 52.0 Å². The average Bonchev–Trinajstić information content (AvgIpc) is 2.90. The van der Waals surface area contributed by atoms with Gasteiger partial charge in [0.2, 0.25) is 11.8 Å². The topological polar surface area (TPSA) is 97.4 Å². The Morgan fingerprint density at radius 3 is 2.64 bits per heavy atom. The van der Waals surface area contributed by atoms with E-state index in [1.165, 1.54) is 4.90 Å². The molecule has 1 saturated heterocycles. The van der Waals surface area contributed by atoms with E-state index >= 15 is 0 Å². The second-order valence-electron chi connectivity index (χ2n) is 11.1. The Bertz CT molecular complexity index is 1200. The molecule has 2 aromatic rings. The van der Waals surface area contributed by atoms with Crippen LogP contribution in [0.5, 0.6) is 17.2 Å². The van der Waals surface area contributed by atoms with E-state index in [0.717, 1.165) is 5.56 Å². The minimum Gasteiger partial charge on any atom is -0.493 e. The first kappa shape index (κ1) is 28.4. The van der Waals surface area contributed by atoms with Gasteiger partial charge >= 0.3 is 0 Å². The number of piperidine rings is 1. The Morgan fingerprint density at radius 1 is 1.10 bits per heavy atom. The Balaban J connectivity index is 1.64. The number of benzene rings is 2. The van der Waals surface area contributed by atoms with Crippen LogP contribution in [0.25, 0.3) is 0 Å². The van der Waals surface area contributed by atoms with Crippen LogP contribution in [-0.4, -0.2) is 73.0 Å². The first-order valence-electron chi connectivity index (χ1n) is 13.6. The van der Waals surface area contributed by atoms with Crippen LogP contribution in [0.15, 0.2) is 42.5 Å². The standard InChI is InChI=1S/C30H39N3O6/c1-19(2)17-37-24-12-22-13-25(14-24)39-23-8-6-7-21(11-23)18-38-27-15-33(29(35)20(3)4)10-9-26(27)31-28(34)16-32(5)30(22)36/h6-8,11-14,19-20,26-27H,9-10,15-18H2,1-5H3,(H,31,34)/t26-,27-/m0/s1. The van der Waals surface area contributed by atoms with Crippen LogP contribution in [0.3, 0.4) is 0 Å². The Hall–Kier alpha value is -3.59. The van der Waals surface area contributed by atoms with Crippen molar-refractivity contribution in [3.63, 3.8) is 0 Å². The first-order chi connectivity index (χ1) is 18.6. The lowest BCUT2D eigenvalue weighted by Crippen LogP contribution is -2.57. The monoisotopic (exact) mass is 537 g/mol. The molecule has 4 bridgehead atoms. The molecule has 9 nitrogen and oxygen atoms in total. The summed E-state index contributed by atoms with van der Waals surface area (Å²) >= 11 is 0. The largest absolute Gasteiger partial charge is 0.493 e. The number of nitrogens with one attached hydrogen (secondary N) is 1. The lowest BCUT2D eigenvalue weighted by atomic mass is 9.99. The van der Waals surface area contributed by atoms with Gasteiger partial charge < -0.3 is 29.3 Å². The molecule has 2 atom stereocenters. The van der Waals surface area contributed by atoms with E-state index in [4.69, 9.17) is 14.2 Å². The zero-order chi connectivity index (χ0) is 28.1. The molecular formula is C30H39N3O6. The lowest BCUT2D eigenvalue weighted by molar-refractivity contribution is -0.140. The molecule has 2 aliphatic heterocycles. The van der Waals surface area contributed by atoms with Crippen molar-refractivity contribution in [2.45, 2.75) is 52.9 Å². The van der Waals surface area contributed by atoms with Gasteiger partial charge in [-0.2, -0.15) is 0 Å². The van der Waals surface area contributed by atoms with Crippen LogP contribution < -0.4 is 14.8 Å². The number of carbonyl (C=O) groups is 3. The highest BCUT2D eigenvalue weighted by Crippen LogP contribution is 2.29. The fraction of sp³-hybridized carbons (Fsp3) is 0.500. The van der Waals surface area contributed by atoms with Crippen molar-refractivity contribution in [3.05, 3.63) is 53.6 Å². The summed E-state index contributed by atoms with van der Waals surface area (Å²) in [7, 11) is 1.59. The third kappa shape index (κ3) is 7.50. The molecule has 210 valence electrons.